The van der Waals surface area contributed by atoms with Crippen LogP contribution in [0.15, 0.2) is 94.6 Å². The van der Waals surface area contributed by atoms with Crippen LogP contribution in [-0.2, 0) is 44.8 Å². The maximum absolute atomic E-state index is 12.8. The molecular formula is C28H26N2O11P2-2. The van der Waals surface area contributed by atoms with Gasteiger partial charge < -0.3 is 33.1 Å². The molecular weight excluding hydrogens is 602 g/mol. The van der Waals surface area contributed by atoms with Gasteiger partial charge in [0.2, 0.25) is 0 Å². The predicted octanol–water partition coefficient (Wildman–Crippen LogP) is 2.20. The number of hydrogen-bond acceptors (Lipinski definition) is 11. The molecule has 3 heterocycles. The molecule has 0 aliphatic carbocycles. The van der Waals surface area contributed by atoms with Crippen molar-refractivity contribution in [3.8, 4) is 0 Å². The van der Waals surface area contributed by atoms with Gasteiger partial charge in [-0.1, -0.05) is 72.8 Å². The van der Waals surface area contributed by atoms with Crippen LogP contribution in [0.5, 0.6) is 0 Å². The minimum Gasteiger partial charge on any atom is -0.778 e. The number of benzene rings is 3. The molecule has 1 aromatic heterocycles. The van der Waals surface area contributed by atoms with E-state index in [4.69, 9.17) is 18.7 Å². The molecule has 2 saturated heterocycles. The Morgan fingerprint density at radius 1 is 0.860 bits per heavy atom. The average molecular weight is 628 g/mol. The van der Waals surface area contributed by atoms with Crippen LogP contribution >= 0.6 is 15.4 Å². The lowest BCUT2D eigenvalue weighted by atomic mass is 10.1. The lowest BCUT2D eigenvalue weighted by Crippen LogP contribution is -2.36. The highest BCUT2D eigenvalue weighted by Gasteiger charge is 2.54. The Bertz CT molecular complexity index is 1820. The third kappa shape index (κ3) is 6.81. The highest BCUT2D eigenvalue weighted by Crippen LogP contribution is 2.57. The predicted molar refractivity (Wildman–Crippen MR) is 149 cm³/mol. The Kier molecular flexibility index (Phi) is 8.36. The smallest absolute Gasteiger partial charge is 0.330 e. The number of ether oxygens (including phenoxy) is 3. The standard InChI is InChI=1S/C28H28N2O11P2/c31-23-13-14-30(28(32)29-23)27-26-25(39-24(40-26)15-18-7-2-1-3-8-18)22(38-27)16-37-43(35,36)41-42(33,34)17-20-11-6-10-19-9-4-5-12-21(19)20/h1-14,22,24-27H,15-17H2,(H,33,34)(H,35,36)(H,29,31,32)/p-2/t22-,24?,25+,26?,27-/m1/s1. The SMILES string of the molecule is O=c1ccn([C@@H]2O[C@H](COP(=O)([O-])OP(=O)([O-])Cc3cccc4ccccc34)[C@@H]3OC(Cc4ccccc4)OC32)c(=O)[nH]1. The summed E-state index contributed by atoms with van der Waals surface area (Å²) >= 11 is 0. The van der Waals surface area contributed by atoms with Crippen molar-refractivity contribution < 1.29 is 42.0 Å². The molecule has 4 aromatic rings. The van der Waals surface area contributed by atoms with Gasteiger partial charge in [0.25, 0.3) is 13.4 Å². The molecule has 0 bridgehead atoms. The van der Waals surface area contributed by atoms with E-state index in [2.05, 4.69) is 9.29 Å². The highest BCUT2D eigenvalue weighted by molar-refractivity contribution is 7.62. The molecule has 15 heteroatoms. The molecule has 0 radical (unpaired) electrons. The van der Waals surface area contributed by atoms with E-state index in [-0.39, 0.29) is 0 Å². The van der Waals surface area contributed by atoms with Gasteiger partial charge in [-0.05, 0) is 21.9 Å². The topological polar surface area (TPSA) is 181 Å². The number of nitrogens with one attached hydrogen (secondary N) is 1. The number of phosphoric acid groups is 1. The zero-order valence-electron chi connectivity index (χ0n) is 22.4. The maximum Gasteiger partial charge on any atom is 0.330 e. The van der Waals surface area contributed by atoms with Crippen molar-refractivity contribution in [2.45, 2.75) is 43.4 Å². The number of aromatic amines is 1. The van der Waals surface area contributed by atoms with Gasteiger partial charge in [0.05, 0.1) is 6.61 Å². The lowest BCUT2D eigenvalue weighted by molar-refractivity contribution is -0.235. The molecule has 2 aliphatic heterocycles. The molecule has 0 spiro atoms. The first kappa shape index (κ1) is 29.8. The summed E-state index contributed by atoms with van der Waals surface area (Å²) in [4.78, 5) is 51.7. The van der Waals surface area contributed by atoms with Gasteiger partial charge in [0.15, 0.2) is 12.5 Å². The van der Waals surface area contributed by atoms with Crippen molar-refractivity contribution in [2.24, 2.45) is 0 Å². The number of aromatic nitrogens is 2. The molecule has 0 amide bonds. The Labute approximate surface area is 244 Å². The van der Waals surface area contributed by atoms with Crippen molar-refractivity contribution >= 4 is 26.2 Å². The number of rotatable bonds is 10. The fourth-order valence-electron chi connectivity index (χ4n) is 5.30. The van der Waals surface area contributed by atoms with Gasteiger partial charge in [0, 0.05) is 24.8 Å². The highest BCUT2D eigenvalue weighted by atomic mass is 31.3. The Morgan fingerprint density at radius 2 is 1.58 bits per heavy atom. The van der Waals surface area contributed by atoms with E-state index in [0.717, 1.165) is 21.6 Å². The minimum atomic E-state index is -5.40. The largest absolute Gasteiger partial charge is 0.778 e. The Hall–Kier alpha value is -3.22. The first-order chi connectivity index (χ1) is 20.6. The second-order valence-electron chi connectivity index (χ2n) is 10.1. The van der Waals surface area contributed by atoms with Crippen LogP contribution < -0.4 is 21.0 Å². The number of H-pyrrole nitrogens is 1. The van der Waals surface area contributed by atoms with Gasteiger partial charge in [-0.2, -0.15) is 0 Å². The van der Waals surface area contributed by atoms with E-state index in [1.165, 1.54) is 6.20 Å². The number of hydrogen-bond donors (Lipinski definition) is 1. The molecule has 1 N–H and O–H groups in total. The van der Waals surface area contributed by atoms with Crippen LogP contribution in [0.4, 0.5) is 0 Å². The lowest BCUT2D eigenvalue weighted by Gasteiger charge is -2.32. The van der Waals surface area contributed by atoms with E-state index in [1.54, 1.807) is 42.5 Å². The summed E-state index contributed by atoms with van der Waals surface area (Å²) in [6, 6.07) is 22.6. The second-order valence-corrected chi connectivity index (χ2v) is 13.5. The molecule has 3 aromatic carbocycles. The van der Waals surface area contributed by atoms with Gasteiger partial charge in [-0.15, -0.1) is 0 Å². The van der Waals surface area contributed by atoms with Crippen LogP contribution in [0.3, 0.4) is 0 Å². The summed E-state index contributed by atoms with van der Waals surface area (Å²) in [5, 5.41) is 1.43. The molecule has 226 valence electrons. The normalized spacial score (nSPS) is 26.1. The molecule has 43 heavy (non-hydrogen) atoms. The van der Waals surface area contributed by atoms with Gasteiger partial charge in [0.1, 0.15) is 25.9 Å². The molecule has 2 aliphatic rings. The zero-order valence-corrected chi connectivity index (χ0v) is 24.2. The second kappa shape index (κ2) is 12.0. The number of fused-ring (bicyclic) bond motifs is 2. The van der Waals surface area contributed by atoms with E-state index in [9.17, 15) is 28.5 Å². The van der Waals surface area contributed by atoms with Crippen LogP contribution in [-0.4, -0.2) is 40.8 Å². The van der Waals surface area contributed by atoms with Crippen molar-refractivity contribution in [3.63, 3.8) is 0 Å². The monoisotopic (exact) mass is 628 g/mol. The van der Waals surface area contributed by atoms with Crippen LogP contribution in [0.2, 0.25) is 0 Å². The molecule has 7 atom stereocenters. The molecule has 2 fully saturated rings. The first-order valence-electron chi connectivity index (χ1n) is 13.3. The van der Waals surface area contributed by atoms with E-state index in [0.29, 0.717) is 17.4 Å². The van der Waals surface area contributed by atoms with E-state index >= 15 is 0 Å². The first-order valence-corrected chi connectivity index (χ1v) is 16.5. The van der Waals surface area contributed by atoms with Gasteiger partial charge in [-0.3, -0.25) is 23.2 Å². The number of phosphoric ester groups is 1. The maximum atomic E-state index is 12.8. The third-order valence-electron chi connectivity index (χ3n) is 7.14. The third-order valence-corrected chi connectivity index (χ3v) is 10.1. The fourth-order valence-corrected chi connectivity index (χ4v) is 7.96. The van der Waals surface area contributed by atoms with Crippen molar-refractivity contribution in [1.82, 2.24) is 9.55 Å². The fraction of sp³-hybridized carbons (Fsp3) is 0.286. The summed E-state index contributed by atoms with van der Waals surface area (Å²) in [7, 11) is -10.4. The summed E-state index contributed by atoms with van der Waals surface area (Å²) in [5.41, 5.74) is -0.106. The minimum absolute atomic E-state index is 0.353. The van der Waals surface area contributed by atoms with Crippen LogP contribution in [0, 0.1) is 0 Å². The summed E-state index contributed by atoms with van der Waals surface area (Å²) < 4.78 is 54.1. The summed E-state index contributed by atoms with van der Waals surface area (Å²) in [6.07, 6.45) is -3.85. The average Bonchev–Trinajstić information content (AvgIpc) is 3.51. The summed E-state index contributed by atoms with van der Waals surface area (Å²) in [5.74, 6) is 0. The molecule has 13 nitrogen and oxygen atoms in total. The van der Waals surface area contributed by atoms with Crippen molar-refractivity contribution in [3.05, 3.63) is 117 Å². The van der Waals surface area contributed by atoms with Crippen LogP contribution in [0.1, 0.15) is 17.4 Å². The van der Waals surface area contributed by atoms with Crippen LogP contribution in [0.25, 0.3) is 10.8 Å². The quantitative estimate of drug-likeness (QED) is 0.254. The Morgan fingerprint density at radius 3 is 2.37 bits per heavy atom. The molecule has 6 rings (SSSR count). The van der Waals surface area contributed by atoms with Gasteiger partial charge >= 0.3 is 5.69 Å². The zero-order chi connectivity index (χ0) is 30.2. The van der Waals surface area contributed by atoms with Crippen molar-refractivity contribution in [2.75, 3.05) is 6.61 Å². The number of nitrogens with zero attached hydrogens (tertiary/aromatic N) is 1. The van der Waals surface area contributed by atoms with Crippen molar-refractivity contribution in [1.29, 1.82) is 0 Å². The Balaban J connectivity index is 1.16. The van der Waals surface area contributed by atoms with E-state index in [1.807, 2.05) is 30.3 Å². The molecule has 4 unspecified atom stereocenters. The summed E-state index contributed by atoms with van der Waals surface area (Å²) in [6.45, 7) is -0.688. The van der Waals surface area contributed by atoms with Gasteiger partial charge in [-0.25, -0.2) is 4.79 Å². The van der Waals surface area contributed by atoms with E-state index < -0.39 is 70.3 Å². The molecule has 0 saturated carbocycles.